The van der Waals surface area contributed by atoms with Crippen LogP contribution in [0.3, 0.4) is 0 Å². The van der Waals surface area contributed by atoms with Crippen LogP contribution in [0.4, 0.5) is 13.2 Å². The predicted molar refractivity (Wildman–Crippen MR) is 138 cm³/mol. The van der Waals surface area contributed by atoms with E-state index in [2.05, 4.69) is 15.2 Å². The highest BCUT2D eigenvalue weighted by Gasteiger charge is 2.32. The topological polar surface area (TPSA) is 65.1 Å². The van der Waals surface area contributed by atoms with E-state index in [0.29, 0.717) is 21.8 Å². The molecule has 0 fully saturated rings. The van der Waals surface area contributed by atoms with E-state index in [1.807, 2.05) is 57.2 Å². The number of nitrogens with zero attached hydrogens (tertiary/aromatic N) is 5. The summed E-state index contributed by atoms with van der Waals surface area (Å²) in [6.07, 6.45) is -1.85. The summed E-state index contributed by atoms with van der Waals surface area (Å²) in [5.74, 6) is 0. The zero-order valence-corrected chi connectivity index (χ0v) is 21.0. The molecule has 0 radical (unpaired) electrons. The van der Waals surface area contributed by atoms with Gasteiger partial charge in [-0.3, -0.25) is 4.98 Å². The molecule has 0 spiro atoms. The second-order valence-electron chi connectivity index (χ2n) is 8.03. The van der Waals surface area contributed by atoms with Crippen molar-refractivity contribution in [2.24, 2.45) is 0 Å². The molecule has 0 saturated carbocycles. The Kier molecular flexibility index (Phi) is 7.45. The molecule has 190 valence electrons. The molecule has 0 amide bonds. The van der Waals surface area contributed by atoms with Crippen LogP contribution in [0.15, 0.2) is 77.9 Å². The second-order valence-corrected chi connectivity index (χ2v) is 8.47. The van der Waals surface area contributed by atoms with Gasteiger partial charge in [-0.1, -0.05) is 73.5 Å². The zero-order chi connectivity index (χ0) is 26.7. The molecule has 0 unspecified atom stereocenters. The lowest BCUT2D eigenvalue weighted by Gasteiger charge is -2.11. The number of alkyl halides is 3. The number of aromatic nitrogens is 5. The number of hydrogen-bond donors (Lipinski definition) is 0. The molecule has 2 aromatic carbocycles. The van der Waals surface area contributed by atoms with Crippen molar-refractivity contribution in [1.29, 1.82) is 0 Å². The lowest BCUT2D eigenvalue weighted by Crippen LogP contribution is -2.23. The summed E-state index contributed by atoms with van der Waals surface area (Å²) < 4.78 is 40.8. The van der Waals surface area contributed by atoms with Crippen LogP contribution < -0.4 is 5.69 Å². The van der Waals surface area contributed by atoms with Crippen molar-refractivity contribution >= 4 is 17.2 Å². The molecule has 0 atom stereocenters. The normalized spacial score (nSPS) is 11.3. The van der Waals surface area contributed by atoms with Gasteiger partial charge in [0.2, 0.25) is 0 Å². The van der Waals surface area contributed by atoms with E-state index in [-0.39, 0.29) is 6.54 Å². The third-order valence-corrected chi connectivity index (χ3v) is 5.81. The maximum absolute atomic E-state index is 13.1. The van der Waals surface area contributed by atoms with Gasteiger partial charge in [-0.25, -0.2) is 9.48 Å². The minimum absolute atomic E-state index is 0.0586. The van der Waals surface area contributed by atoms with Crippen molar-refractivity contribution in [3.63, 3.8) is 0 Å². The number of pyridine rings is 1. The molecule has 0 N–H and O–H groups in total. The van der Waals surface area contributed by atoms with Crippen LogP contribution in [0.25, 0.3) is 27.9 Å². The first-order valence-electron chi connectivity index (χ1n) is 11.5. The fraction of sp³-hybridized carbons (Fsp3) is 0.185. The molecular weight excluding hydrogens is 503 g/mol. The molecule has 5 rings (SSSR count). The molecule has 3 aromatic heterocycles. The van der Waals surface area contributed by atoms with Crippen molar-refractivity contribution in [1.82, 2.24) is 24.4 Å². The zero-order valence-electron chi connectivity index (χ0n) is 20.3. The van der Waals surface area contributed by atoms with Crippen molar-refractivity contribution in [3.05, 3.63) is 105 Å². The Balaban J connectivity index is 0.00000156. The van der Waals surface area contributed by atoms with E-state index >= 15 is 0 Å². The average Bonchev–Trinajstić information content (AvgIpc) is 3.20. The standard InChI is InChI=1S/C25H17ClF3N5O.C2H6/c1-15-2-5-18(6-3-15)22-20(17-7-9-19(26)10-8-17)13-31-34-23(22)32-33(24(34)35)14-16-4-11-21(30-12-16)25(27,28)29;1-2/h2-13H,14H2,1H3;1-2H3. The van der Waals surface area contributed by atoms with Crippen LogP contribution in [0, 0.1) is 6.92 Å². The van der Waals surface area contributed by atoms with Crippen molar-refractivity contribution in [2.75, 3.05) is 0 Å². The van der Waals surface area contributed by atoms with Crippen LogP contribution in [-0.4, -0.2) is 24.4 Å². The van der Waals surface area contributed by atoms with Crippen LogP contribution >= 0.6 is 11.6 Å². The van der Waals surface area contributed by atoms with Crippen LogP contribution in [0.1, 0.15) is 30.7 Å². The number of halogens is 4. The summed E-state index contributed by atoms with van der Waals surface area (Å²) in [5.41, 5.74) is 3.41. The fourth-order valence-electron chi connectivity index (χ4n) is 3.77. The Morgan fingerprint density at radius 1 is 0.892 bits per heavy atom. The van der Waals surface area contributed by atoms with Gasteiger partial charge in [0.05, 0.1) is 12.7 Å². The van der Waals surface area contributed by atoms with Gasteiger partial charge in [0.1, 0.15) is 5.69 Å². The van der Waals surface area contributed by atoms with Gasteiger partial charge >= 0.3 is 11.9 Å². The predicted octanol–water partition coefficient (Wildman–Crippen LogP) is 6.68. The number of aryl methyl sites for hydroxylation is 1. The molecule has 10 heteroatoms. The van der Waals surface area contributed by atoms with Crippen LogP contribution in [-0.2, 0) is 12.7 Å². The molecule has 0 bridgehead atoms. The summed E-state index contributed by atoms with van der Waals surface area (Å²) >= 11 is 6.06. The Bertz CT molecular complexity index is 1570. The number of hydrogen-bond acceptors (Lipinski definition) is 4. The van der Waals surface area contributed by atoms with Gasteiger partial charge in [0, 0.05) is 22.3 Å². The van der Waals surface area contributed by atoms with Gasteiger partial charge in [-0.15, -0.1) is 5.10 Å². The number of benzene rings is 2. The van der Waals surface area contributed by atoms with E-state index in [4.69, 9.17) is 11.6 Å². The van der Waals surface area contributed by atoms with E-state index in [1.165, 1.54) is 10.6 Å². The molecule has 6 nitrogen and oxygen atoms in total. The highest BCUT2D eigenvalue weighted by Crippen LogP contribution is 2.34. The largest absolute Gasteiger partial charge is 0.433 e. The van der Waals surface area contributed by atoms with Gasteiger partial charge < -0.3 is 0 Å². The van der Waals surface area contributed by atoms with Crippen molar-refractivity contribution in [2.45, 2.75) is 33.5 Å². The van der Waals surface area contributed by atoms with E-state index in [0.717, 1.165) is 39.2 Å². The quantitative estimate of drug-likeness (QED) is 0.263. The van der Waals surface area contributed by atoms with Crippen LogP contribution in [0.2, 0.25) is 5.02 Å². The fourth-order valence-corrected chi connectivity index (χ4v) is 3.90. The third kappa shape index (κ3) is 5.41. The lowest BCUT2D eigenvalue weighted by molar-refractivity contribution is -0.141. The first-order valence-corrected chi connectivity index (χ1v) is 11.9. The molecule has 37 heavy (non-hydrogen) atoms. The molecule has 0 saturated heterocycles. The van der Waals surface area contributed by atoms with Gasteiger partial charge in [0.25, 0.3) is 0 Å². The smallest absolute Gasteiger partial charge is 0.251 e. The Morgan fingerprint density at radius 2 is 1.54 bits per heavy atom. The summed E-state index contributed by atoms with van der Waals surface area (Å²) in [6.45, 7) is 5.92. The van der Waals surface area contributed by atoms with Crippen LogP contribution in [0.5, 0.6) is 0 Å². The maximum Gasteiger partial charge on any atom is 0.433 e. The molecule has 3 heterocycles. The highest BCUT2D eigenvalue weighted by molar-refractivity contribution is 6.30. The van der Waals surface area contributed by atoms with Crippen molar-refractivity contribution in [3.8, 4) is 22.3 Å². The molecular formula is C27H23ClF3N5O. The summed E-state index contributed by atoms with van der Waals surface area (Å²) in [5, 5.41) is 9.41. The van der Waals surface area contributed by atoms with Gasteiger partial charge in [-0.05, 0) is 41.8 Å². The number of fused-ring (bicyclic) bond motifs is 1. The SMILES string of the molecule is CC.Cc1ccc(-c2c(-c3ccc(Cl)cc3)cnn3c(=O)n(Cc4ccc(C(F)(F)F)nc4)nc23)cc1. The summed E-state index contributed by atoms with van der Waals surface area (Å²) in [6, 6.07) is 17.2. The first-order chi connectivity index (χ1) is 17.7. The summed E-state index contributed by atoms with van der Waals surface area (Å²) in [4.78, 5) is 16.5. The summed E-state index contributed by atoms with van der Waals surface area (Å²) in [7, 11) is 0. The monoisotopic (exact) mass is 525 g/mol. The molecule has 5 aromatic rings. The molecule has 0 aliphatic carbocycles. The lowest BCUT2D eigenvalue weighted by atomic mass is 9.96. The number of rotatable bonds is 4. The van der Waals surface area contributed by atoms with Gasteiger partial charge in [-0.2, -0.15) is 22.8 Å². The molecule has 0 aliphatic heterocycles. The minimum Gasteiger partial charge on any atom is -0.251 e. The van der Waals surface area contributed by atoms with Crippen molar-refractivity contribution < 1.29 is 13.2 Å². The Labute approximate surface area is 216 Å². The maximum atomic E-state index is 13.1. The highest BCUT2D eigenvalue weighted by atomic mass is 35.5. The minimum atomic E-state index is -4.54. The Morgan fingerprint density at radius 3 is 2.14 bits per heavy atom. The van der Waals surface area contributed by atoms with Gasteiger partial charge in [0.15, 0.2) is 5.65 Å². The first kappa shape index (κ1) is 26.1. The Hall–Kier alpha value is -3.98. The van der Waals surface area contributed by atoms with E-state index < -0.39 is 17.6 Å². The third-order valence-electron chi connectivity index (χ3n) is 5.56. The van der Waals surface area contributed by atoms with E-state index in [1.54, 1.807) is 18.3 Å². The van der Waals surface area contributed by atoms with E-state index in [9.17, 15) is 18.0 Å². The average molecular weight is 526 g/mol. The molecule has 0 aliphatic rings. The second kappa shape index (κ2) is 10.6.